The summed E-state index contributed by atoms with van der Waals surface area (Å²) < 4.78 is 13.2. The Morgan fingerprint density at radius 3 is 2.29 bits per heavy atom. The molecule has 0 aliphatic heterocycles. The predicted molar refractivity (Wildman–Crippen MR) is 91.2 cm³/mol. The molecule has 5 heteroatoms. The molecule has 0 saturated carbocycles. The number of Topliss-reactive ketones (excluding diaryl/α,β-unsaturated/α-hetero) is 1. The third-order valence-electron chi connectivity index (χ3n) is 3.11. The molecule has 2 aromatic rings. The van der Waals surface area contributed by atoms with E-state index in [1.54, 1.807) is 31.2 Å². The van der Waals surface area contributed by atoms with E-state index >= 15 is 0 Å². The standard InChI is InChI=1S/C16H14BrClO2S/c1-11(16(19)13-4-6-14(17)7-5-13)21(20)10-12-2-8-15(18)9-3-12/h2-9,11H,10H2,1H3. The second-order valence-corrected chi connectivity index (χ2v) is 7.77. The molecule has 0 saturated heterocycles. The highest BCUT2D eigenvalue weighted by molar-refractivity contribution is 9.10. The molecule has 2 nitrogen and oxygen atoms in total. The van der Waals surface area contributed by atoms with Gasteiger partial charge in [-0.25, -0.2) is 0 Å². The first kappa shape index (κ1) is 16.4. The highest BCUT2D eigenvalue weighted by Crippen LogP contribution is 2.16. The van der Waals surface area contributed by atoms with Crippen LogP contribution < -0.4 is 0 Å². The second-order valence-electron chi connectivity index (χ2n) is 4.66. The van der Waals surface area contributed by atoms with E-state index in [9.17, 15) is 9.00 Å². The first-order valence-electron chi connectivity index (χ1n) is 6.39. The maximum atomic E-state index is 12.3. The molecule has 0 heterocycles. The van der Waals surface area contributed by atoms with Gasteiger partial charge < -0.3 is 0 Å². The van der Waals surface area contributed by atoms with Crippen LogP contribution in [0.5, 0.6) is 0 Å². The van der Waals surface area contributed by atoms with E-state index in [-0.39, 0.29) is 5.78 Å². The van der Waals surface area contributed by atoms with Gasteiger partial charge in [0.25, 0.3) is 0 Å². The monoisotopic (exact) mass is 384 g/mol. The molecule has 0 bridgehead atoms. The fraction of sp³-hybridized carbons (Fsp3) is 0.188. The quantitative estimate of drug-likeness (QED) is 0.704. The van der Waals surface area contributed by atoms with Crippen molar-refractivity contribution in [2.75, 3.05) is 0 Å². The fourth-order valence-electron chi connectivity index (χ4n) is 1.84. The Morgan fingerprint density at radius 1 is 1.14 bits per heavy atom. The van der Waals surface area contributed by atoms with Crippen LogP contribution in [0, 0.1) is 0 Å². The van der Waals surface area contributed by atoms with E-state index in [4.69, 9.17) is 11.6 Å². The minimum atomic E-state index is -1.26. The summed E-state index contributed by atoms with van der Waals surface area (Å²) in [7, 11) is -1.26. The number of carbonyl (C=O) groups excluding carboxylic acids is 1. The summed E-state index contributed by atoms with van der Waals surface area (Å²) in [6.07, 6.45) is 0. The van der Waals surface area contributed by atoms with Crippen molar-refractivity contribution in [2.45, 2.75) is 17.9 Å². The molecule has 0 amide bonds. The summed E-state index contributed by atoms with van der Waals surface area (Å²) in [6, 6.07) is 14.3. The summed E-state index contributed by atoms with van der Waals surface area (Å²) in [4.78, 5) is 12.3. The highest BCUT2D eigenvalue weighted by Gasteiger charge is 2.21. The Balaban J connectivity index is 2.06. The number of benzene rings is 2. The number of halogens is 2. The summed E-state index contributed by atoms with van der Waals surface area (Å²) in [6.45, 7) is 1.70. The van der Waals surface area contributed by atoms with Crippen LogP contribution in [0.25, 0.3) is 0 Å². The van der Waals surface area contributed by atoms with E-state index in [1.807, 2.05) is 24.3 Å². The molecule has 21 heavy (non-hydrogen) atoms. The van der Waals surface area contributed by atoms with Crippen LogP contribution in [0.15, 0.2) is 53.0 Å². The molecular formula is C16H14BrClO2S. The zero-order chi connectivity index (χ0) is 15.4. The van der Waals surface area contributed by atoms with Crippen molar-refractivity contribution in [1.82, 2.24) is 0 Å². The van der Waals surface area contributed by atoms with Crippen molar-refractivity contribution in [2.24, 2.45) is 0 Å². The van der Waals surface area contributed by atoms with Gasteiger partial charge in [-0.2, -0.15) is 0 Å². The normalized spacial score (nSPS) is 13.7. The van der Waals surface area contributed by atoms with Crippen molar-refractivity contribution in [1.29, 1.82) is 0 Å². The number of carbonyl (C=O) groups is 1. The molecule has 0 N–H and O–H groups in total. The van der Waals surface area contributed by atoms with Crippen molar-refractivity contribution in [3.8, 4) is 0 Å². The fourth-order valence-corrected chi connectivity index (χ4v) is 3.37. The van der Waals surface area contributed by atoms with Gasteiger partial charge in [-0.15, -0.1) is 0 Å². The molecule has 0 radical (unpaired) electrons. The summed E-state index contributed by atoms with van der Waals surface area (Å²) in [5.41, 5.74) is 1.49. The van der Waals surface area contributed by atoms with Crippen LogP contribution in [0.3, 0.4) is 0 Å². The number of hydrogen-bond donors (Lipinski definition) is 0. The molecule has 0 aliphatic rings. The predicted octanol–water partition coefficient (Wildman–Crippen LogP) is 4.62. The van der Waals surface area contributed by atoms with E-state index in [0.717, 1.165) is 10.0 Å². The van der Waals surface area contributed by atoms with Gasteiger partial charge in [-0.05, 0) is 36.8 Å². The van der Waals surface area contributed by atoms with Gasteiger partial charge in [0.1, 0.15) is 0 Å². The van der Waals surface area contributed by atoms with Gasteiger partial charge in [0, 0.05) is 31.6 Å². The second kappa shape index (κ2) is 7.34. The van der Waals surface area contributed by atoms with E-state index in [0.29, 0.717) is 16.3 Å². The third-order valence-corrected chi connectivity index (χ3v) is 5.52. The van der Waals surface area contributed by atoms with Gasteiger partial charge in [0.15, 0.2) is 5.78 Å². The molecule has 2 rings (SSSR count). The smallest absolute Gasteiger partial charge is 0.178 e. The van der Waals surface area contributed by atoms with Gasteiger partial charge in [-0.1, -0.05) is 51.8 Å². The van der Waals surface area contributed by atoms with Crippen molar-refractivity contribution in [3.63, 3.8) is 0 Å². The summed E-state index contributed by atoms with van der Waals surface area (Å²) in [5.74, 6) is 0.246. The van der Waals surface area contributed by atoms with Crippen LogP contribution in [-0.2, 0) is 16.6 Å². The van der Waals surface area contributed by atoms with Gasteiger partial charge in [-0.3, -0.25) is 9.00 Å². The van der Waals surface area contributed by atoms with Gasteiger partial charge in [0.2, 0.25) is 0 Å². The molecular weight excluding hydrogens is 372 g/mol. The lowest BCUT2D eigenvalue weighted by atomic mass is 10.1. The zero-order valence-electron chi connectivity index (χ0n) is 11.4. The topological polar surface area (TPSA) is 34.1 Å². The molecule has 2 unspecified atom stereocenters. The van der Waals surface area contributed by atoms with Crippen LogP contribution >= 0.6 is 27.5 Å². The minimum absolute atomic E-state index is 0.102. The average Bonchev–Trinajstić information content (AvgIpc) is 2.49. The maximum Gasteiger partial charge on any atom is 0.178 e. The van der Waals surface area contributed by atoms with Crippen LogP contribution in [-0.4, -0.2) is 15.2 Å². The van der Waals surface area contributed by atoms with Crippen molar-refractivity contribution < 1.29 is 9.00 Å². The Morgan fingerprint density at radius 2 is 1.71 bits per heavy atom. The van der Waals surface area contributed by atoms with Crippen LogP contribution in [0.4, 0.5) is 0 Å². The molecule has 2 atom stereocenters. The van der Waals surface area contributed by atoms with Crippen molar-refractivity contribution >= 4 is 44.1 Å². The van der Waals surface area contributed by atoms with E-state index < -0.39 is 16.0 Å². The summed E-state index contributed by atoms with van der Waals surface area (Å²) in [5, 5.41) is 0.102. The van der Waals surface area contributed by atoms with Crippen LogP contribution in [0.1, 0.15) is 22.8 Å². The Labute approximate surface area is 140 Å². The number of ketones is 1. The number of hydrogen-bond acceptors (Lipinski definition) is 2. The zero-order valence-corrected chi connectivity index (χ0v) is 14.5. The Kier molecular flexibility index (Phi) is 5.73. The first-order valence-corrected chi connectivity index (χ1v) is 8.94. The lowest BCUT2D eigenvalue weighted by Gasteiger charge is -2.11. The average molecular weight is 386 g/mol. The Hall–Kier alpha value is -0.970. The van der Waals surface area contributed by atoms with Crippen LogP contribution in [0.2, 0.25) is 5.02 Å². The maximum absolute atomic E-state index is 12.3. The lowest BCUT2D eigenvalue weighted by molar-refractivity contribution is 0.0992. The largest absolute Gasteiger partial charge is 0.293 e. The molecule has 0 fully saturated rings. The third kappa shape index (κ3) is 4.50. The molecule has 2 aromatic carbocycles. The van der Waals surface area contributed by atoms with Crippen molar-refractivity contribution in [3.05, 3.63) is 69.2 Å². The van der Waals surface area contributed by atoms with Gasteiger partial charge >= 0.3 is 0 Å². The minimum Gasteiger partial charge on any atom is -0.293 e. The Bertz CT molecular complexity index is 653. The highest BCUT2D eigenvalue weighted by atomic mass is 79.9. The molecule has 0 aromatic heterocycles. The molecule has 110 valence electrons. The molecule has 0 aliphatic carbocycles. The van der Waals surface area contributed by atoms with E-state index in [1.165, 1.54) is 0 Å². The van der Waals surface area contributed by atoms with Gasteiger partial charge in [0.05, 0.1) is 5.25 Å². The first-order chi connectivity index (χ1) is 9.97. The molecule has 0 spiro atoms. The SMILES string of the molecule is CC(C(=O)c1ccc(Br)cc1)S(=O)Cc1ccc(Cl)cc1. The lowest BCUT2D eigenvalue weighted by Crippen LogP contribution is -2.23. The summed E-state index contributed by atoms with van der Waals surface area (Å²) >= 11 is 9.15. The van der Waals surface area contributed by atoms with E-state index in [2.05, 4.69) is 15.9 Å². The number of rotatable bonds is 5.